The van der Waals surface area contributed by atoms with E-state index in [9.17, 15) is 9.59 Å². The smallest absolute Gasteiger partial charge is 0.416 e. The summed E-state index contributed by atoms with van der Waals surface area (Å²) in [5.74, 6) is -0.424. The molecule has 0 spiro atoms. The van der Waals surface area contributed by atoms with Gasteiger partial charge in [0.15, 0.2) is 0 Å². The van der Waals surface area contributed by atoms with E-state index in [0.717, 1.165) is 5.56 Å². The van der Waals surface area contributed by atoms with E-state index < -0.39 is 12.0 Å². The average molecular weight is 443 g/mol. The molecule has 0 saturated carbocycles. The Morgan fingerprint density at radius 3 is 2.58 bits per heavy atom. The van der Waals surface area contributed by atoms with Crippen molar-refractivity contribution < 1.29 is 19.1 Å². The Labute approximate surface area is 155 Å². The van der Waals surface area contributed by atoms with Crippen LogP contribution in [0, 0.1) is 11.8 Å². The van der Waals surface area contributed by atoms with Crippen molar-refractivity contribution in [3.8, 4) is 0 Å². The van der Waals surface area contributed by atoms with Gasteiger partial charge in [-0.2, -0.15) is 0 Å². The highest BCUT2D eigenvalue weighted by atomic mass is 127. The molecular formula is C18H22INO4. The van der Waals surface area contributed by atoms with Crippen LogP contribution in [0.15, 0.2) is 30.3 Å². The second-order valence-electron chi connectivity index (χ2n) is 6.74. The van der Waals surface area contributed by atoms with Crippen LogP contribution in [0.5, 0.6) is 0 Å². The normalized spacial score (nSPS) is 33.1. The van der Waals surface area contributed by atoms with Gasteiger partial charge in [-0.15, -0.1) is 0 Å². The highest BCUT2D eigenvalue weighted by molar-refractivity contribution is 14.1. The van der Waals surface area contributed by atoms with Gasteiger partial charge in [-0.1, -0.05) is 66.8 Å². The Bertz CT molecular complexity index is 621. The molecule has 0 aromatic heterocycles. The molecule has 0 N–H and O–H groups in total. The molecule has 2 aliphatic heterocycles. The lowest BCUT2D eigenvalue weighted by atomic mass is 9.91. The molecule has 6 heteroatoms. The third kappa shape index (κ3) is 3.06. The van der Waals surface area contributed by atoms with E-state index in [0.29, 0.717) is 0 Å². The SMILES string of the molecule is CC1O[C@H](c2ccccc2)[C@@H](C(=O)N2C(=O)OC[C@@H]2C(C)C)[C@@H]1I. The van der Waals surface area contributed by atoms with Gasteiger partial charge in [-0.05, 0) is 18.4 Å². The number of benzene rings is 1. The molecular weight excluding hydrogens is 421 g/mol. The summed E-state index contributed by atoms with van der Waals surface area (Å²) in [7, 11) is 0. The van der Waals surface area contributed by atoms with Gasteiger partial charge in [0.25, 0.3) is 0 Å². The van der Waals surface area contributed by atoms with E-state index in [1.807, 2.05) is 51.1 Å². The van der Waals surface area contributed by atoms with Crippen LogP contribution in [0.1, 0.15) is 32.4 Å². The zero-order valence-corrected chi connectivity index (χ0v) is 16.2. The Balaban J connectivity index is 1.92. The van der Waals surface area contributed by atoms with E-state index in [1.54, 1.807) is 0 Å². The van der Waals surface area contributed by atoms with Crippen molar-refractivity contribution in [3.63, 3.8) is 0 Å². The van der Waals surface area contributed by atoms with Crippen molar-refractivity contribution >= 4 is 34.6 Å². The van der Waals surface area contributed by atoms with Gasteiger partial charge in [0.2, 0.25) is 5.91 Å². The minimum absolute atomic E-state index is 0.00141. The molecule has 1 unspecified atom stereocenters. The van der Waals surface area contributed by atoms with Gasteiger partial charge in [0.05, 0.1) is 28.1 Å². The number of alkyl halides is 1. The highest BCUT2D eigenvalue weighted by Crippen LogP contribution is 2.44. The monoisotopic (exact) mass is 443 g/mol. The fourth-order valence-corrected chi connectivity index (χ4v) is 4.24. The van der Waals surface area contributed by atoms with E-state index in [2.05, 4.69) is 22.6 Å². The van der Waals surface area contributed by atoms with Crippen LogP contribution in [0.3, 0.4) is 0 Å². The minimum Gasteiger partial charge on any atom is -0.447 e. The van der Waals surface area contributed by atoms with Crippen LogP contribution in [-0.4, -0.2) is 39.6 Å². The first-order valence-corrected chi connectivity index (χ1v) is 9.50. The molecule has 5 nitrogen and oxygen atoms in total. The lowest BCUT2D eigenvalue weighted by Crippen LogP contribution is -2.47. The highest BCUT2D eigenvalue weighted by Gasteiger charge is 2.51. The first-order chi connectivity index (χ1) is 11.4. The van der Waals surface area contributed by atoms with Crippen molar-refractivity contribution in [3.05, 3.63) is 35.9 Å². The molecule has 0 bridgehead atoms. The number of hydrogen-bond acceptors (Lipinski definition) is 4. The molecule has 3 rings (SSSR count). The molecule has 1 aromatic carbocycles. The van der Waals surface area contributed by atoms with Crippen molar-refractivity contribution in [2.45, 2.75) is 42.9 Å². The van der Waals surface area contributed by atoms with Gasteiger partial charge < -0.3 is 9.47 Å². The number of carbonyl (C=O) groups is 2. The summed E-state index contributed by atoms with van der Waals surface area (Å²) in [6, 6.07) is 9.54. The number of halogens is 1. The van der Waals surface area contributed by atoms with Crippen LogP contribution in [0.25, 0.3) is 0 Å². The largest absolute Gasteiger partial charge is 0.447 e. The zero-order valence-electron chi connectivity index (χ0n) is 14.0. The van der Waals surface area contributed by atoms with E-state index >= 15 is 0 Å². The summed E-state index contributed by atoms with van der Waals surface area (Å²) in [4.78, 5) is 26.7. The van der Waals surface area contributed by atoms with E-state index in [4.69, 9.17) is 9.47 Å². The summed E-state index contributed by atoms with van der Waals surface area (Å²) < 4.78 is 11.2. The number of amides is 2. The third-order valence-electron chi connectivity index (χ3n) is 4.81. The fraction of sp³-hybridized carbons (Fsp3) is 0.556. The van der Waals surface area contributed by atoms with Gasteiger partial charge in [-0.3, -0.25) is 4.79 Å². The molecule has 1 aromatic rings. The molecule has 24 heavy (non-hydrogen) atoms. The second kappa shape index (κ2) is 7.00. The van der Waals surface area contributed by atoms with Crippen molar-refractivity contribution in [1.82, 2.24) is 4.90 Å². The molecule has 2 saturated heterocycles. The van der Waals surface area contributed by atoms with Crippen LogP contribution < -0.4 is 0 Å². The number of nitrogens with zero attached hydrogens (tertiary/aromatic N) is 1. The van der Waals surface area contributed by atoms with Crippen LogP contribution in [0.4, 0.5) is 4.79 Å². The topological polar surface area (TPSA) is 55.8 Å². The summed E-state index contributed by atoms with van der Waals surface area (Å²) >= 11 is 2.27. The molecule has 0 aliphatic carbocycles. The molecule has 5 atom stereocenters. The predicted octanol–water partition coefficient (Wildman–Crippen LogP) is 3.57. The molecule has 2 aliphatic rings. The second-order valence-corrected chi connectivity index (χ2v) is 8.18. The van der Waals surface area contributed by atoms with Gasteiger partial charge in [-0.25, -0.2) is 9.69 Å². The number of ether oxygens (including phenoxy) is 2. The quantitative estimate of drug-likeness (QED) is 0.530. The van der Waals surface area contributed by atoms with Crippen LogP contribution in [0.2, 0.25) is 0 Å². The van der Waals surface area contributed by atoms with Crippen molar-refractivity contribution in [2.75, 3.05) is 6.61 Å². The lowest BCUT2D eigenvalue weighted by molar-refractivity contribution is -0.135. The fourth-order valence-electron chi connectivity index (χ4n) is 3.38. The predicted molar refractivity (Wildman–Crippen MR) is 97.8 cm³/mol. The van der Waals surface area contributed by atoms with Gasteiger partial charge in [0.1, 0.15) is 6.61 Å². The maximum atomic E-state index is 13.3. The van der Waals surface area contributed by atoms with E-state index in [1.165, 1.54) is 4.90 Å². The standard InChI is InChI=1S/C18H22INO4/c1-10(2)13-9-23-18(22)20(13)17(21)14-15(19)11(3)24-16(14)12-7-5-4-6-8-12/h4-8,10-11,13-16H,9H2,1-3H3/t11?,13-,14+,15-,16-/m1/s1. The summed E-state index contributed by atoms with van der Waals surface area (Å²) in [5.41, 5.74) is 0.968. The molecule has 2 fully saturated rings. The Kier molecular flexibility index (Phi) is 5.15. The minimum atomic E-state index is -0.534. The molecule has 130 valence electrons. The van der Waals surface area contributed by atoms with E-state index in [-0.39, 0.29) is 40.6 Å². The average Bonchev–Trinajstić information content (AvgIpc) is 3.09. The Hall–Kier alpha value is -1.15. The van der Waals surface area contributed by atoms with Crippen LogP contribution in [-0.2, 0) is 14.3 Å². The summed E-state index contributed by atoms with van der Waals surface area (Å²) in [6.45, 7) is 6.24. The maximum Gasteiger partial charge on any atom is 0.416 e. The molecule has 2 amide bonds. The maximum absolute atomic E-state index is 13.3. The first kappa shape index (κ1) is 17.7. The van der Waals surface area contributed by atoms with Crippen molar-refractivity contribution in [1.29, 1.82) is 0 Å². The Morgan fingerprint density at radius 2 is 1.96 bits per heavy atom. The van der Waals surface area contributed by atoms with Gasteiger partial charge >= 0.3 is 6.09 Å². The van der Waals surface area contributed by atoms with Gasteiger partial charge in [0, 0.05) is 0 Å². The number of hydrogen-bond donors (Lipinski definition) is 0. The number of rotatable bonds is 3. The molecule has 0 radical (unpaired) electrons. The summed E-state index contributed by atoms with van der Waals surface area (Å²) in [5, 5.41) is 0. The zero-order chi connectivity index (χ0) is 17.4. The Morgan fingerprint density at radius 1 is 1.29 bits per heavy atom. The number of cyclic esters (lactones) is 1. The molecule has 2 heterocycles. The van der Waals surface area contributed by atoms with Crippen LogP contribution >= 0.6 is 22.6 Å². The number of imide groups is 1. The van der Waals surface area contributed by atoms with Crippen molar-refractivity contribution in [2.24, 2.45) is 11.8 Å². The third-order valence-corrected chi connectivity index (χ3v) is 6.59. The number of carbonyl (C=O) groups excluding carboxylic acids is 2. The summed E-state index contributed by atoms with van der Waals surface area (Å²) in [6.07, 6.45) is -0.925. The first-order valence-electron chi connectivity index (χ1n) is 8.26. The lowest BCUT2D eigenvalue weighted by Gasteiger charge is -2.28.